The van der Waals surface area contributed by atoms with Gasteiger partial charge in [-0.1, -0.05) is 12.0 Å². The summed E-state index contributed by atoms with van der Waals surface area (Å²) in [6.07, 6.45) is 10.3. The predicted octanol–water partition coefficient (Wildman–Crippen LogP) is 6.03. The zero-order valence-electron chi connectivity index (χ0n) is 27.4. The third-order valence-corrected chi connectivity index (χ3v) is 10.8. The van der Waals surface area contributed by atoms with Crippen molar-refractivity contribution in [1.82, 2.24) is 19.9 Å². The molecule has 3 aliphatic heterocycles. The van der Waals surface area contributed by atoms with Gasteiger partial charge < -0.3 is 24.2 Å². The number of aromatic hydroxyl groups is 1. The Bertz CT molecular complexity index is 1980. The number of phenolic OH excluding ortho intramolecular Hbond substituents is 1. The molecule has 0 spiro atoms. The SMILES string of the molecule is C#Cc1c(F)ccc2cc(O)cc(-c3nc(OCCOC)c4c(N5CC6CCC(C6)C5)nc(OC[C@@]56CCCN5C[C@H](F)C6)nc4c3F)c12. The number of terminal acetylenes is 1. The highest BCUT2D eigenvalue weighted by molar-refractivity contribution is 6.04. The Balaban J connectivity index is 1.34. The van der Waals surface area contributed by atoms with Crippen LogP contribution in [0, 0.1) is 35.8 Å². The highest BCUT2D eigenvalue weighted by atomic mass is 19.1. The molecule has 0 radical (unpaired) electrons. The lowest BCUT2D eigenvalue weighted by Crippen LogP contribution is -2.43. The van der Waals surface area contributed by atoms with Gasteiger partial charge in [-0.25, -0.2) is 18.2 Å². The first-order valence-corrected chi connectivity index (χ1v) is 17.0. The minimum absolute atomic E-state index is 0.0287. The van der Waals surface area contributed by atoms with Crippen molar-refractivity contribution in [3.05, 3.63) is 41.5 Å². The maximum absolute atomic E-state index is 17.2. The number of anilines is 1. The van der Waals surface area contributed by atoms with Gasteiger partial charge in [0.25, 0.3) is 0 Å². The van der Waals surface area contributed by atoms with Gasteiger partial charge in [0.1, 0.15) is 53.4 Å². The lowest BCUT2D eigenvalue weighted by molar-refractivity contribution is 0.107. The quantitative estimate of drug-likeness (QED) is 0.169. The predicted molar refractivity (Wildman–Crippen MR) is 179 cm³/mol. The van der Waals surface area contributed by atoms with Crippen molar-refractivity contribution in [1.29, 1.82) is 0 Å². The van der Waals surface area contributed by atoms with Crippen LogP contribution in [0.2, 0.25) is 0 Å². The lowest BCUT2D eigenvalue weighted by atomic mass is 9.95. The topological polar surface area (TPSA) is 93.1 Å². The monoisotopic (exact) mass is 673 g/mol. The summed E-state index contributed by atoms with van der Waals surface area (Å²) in [5, 5.41) is 11.6. The van der Waals surface area contributed by atoms with Gasteiger partial charge in [0, 0.05) is 44.1 Å². The Morgan fingerprint density at radius 3 is 2.63 bits per heavy atom. The number of alkyl halides is 1. The summed E-state index contributed by atoms with van der Waals surface area (Å²) in [6.45, 7) is 3.12. The number of benzene rings is 2. The molecule has 49 heavy (non-hydrogen) atoms. The molecule has 1 aliphatic carbocycles. The third kappa shape index (κ3) is 5.57. The normalized spacial score (nSPS) is 24.9. The number of nitrogens with zero attached hydrogens (tertiary/aromatic N) is 5. The van der Waals surface area contributed by atoms with E-state index in [2.05, 4.69) is 25.7 Å². The molecule has 2 aromatic carbocycles. The molecule has 2 bridgehead atoms. The van der Waals surface area contributed by atoms with Crippen molar-refractivity contribution in [2.75, 3.05) is 58.0 Å². The first-order valence-electron chi connectivity index (χ1n) is 17.0. The van der Waals surface area contributed by atoms with E-state index in [0.29, 0.717) is 36.0 Å². The van der Waals surface area contributed by atoms with E-state index < -0.39 is 23.3 Å². The Labute approximate surface area is 282 Å². The molecule has 9 nitrogen and oxygen atoms in total. The van der Waals surface area contributed by atoms with Crippen LogP contribution >= 0.6 is 0 Å². The van der Waals surface area contributed by atoms with E-state index in [1.54, 1.807) is 7.11 Å². The molecule has 2 aromatic heterocycles. The number of rotatable bonds is 9. The van der Waals surface area contributed by atoms with E-state index in [-0.39, 0.29) is 70.6 Å². The number of fused-ring (bicyclic) bond motifs is 5. The highest BCUT2D eigenvalue weighted by Gasteiger charge is 2.49. The van der Waals surface area contributed by atoms with Crippen LogP contribution in [-0.2, 0) is 4.74 Å². The second-order valence-corrected chi connectivity index (χ2v) is 13.9. The van der Waals surface area contributed by atoms with Crippen LogP contribution in [0.4, 0.5) is 19.0 Å². The van der Waals surface area contributed by atoms with Crippen LogP contribution in [0.25, 0.3) is 32.9 Å². The number of methoxy groups -OCH3 is 1. The molecule has 256 valence electrons. The Kier molecular flexibility index (Phi) is 8.15. The average molecular weight is 674 g/mol. The Morgan fingerprint density at radius 2 is 1.86 bits per heavy atom. The number of phenols is 1. The molecule has 4 fully saturated rings. The number of piperidine rings is 1. The van der Waals surface area contributed by atoms with Crippen LogP contribution < -0.4 is 14.4 Å². The number of hydrogen-bond donors (Lipinski definition) is 1. The van der Waals surface area contributed by atoms with Gasteiger partial charge in [0.2, 0.25) is 5.88 Å². The third-order valence-electron chi connectivity index (χ3n) is 10.8. The van der Waals surface area contributed by atoms with Gasteiger partial charge in [-0.05, 0) is 74.1 Å². The number of aromatic nitrogens is 3. The van der Waals surface area contributed by atoms with E-state index in [0.717, 1.165) is 51.7 Å². The van der Waals surface area contributed by atoms with Crippen LogP contribution in [0.3, 0.4) is 0 Å². The minimum atomic E-state index is -0.937. The van der Waals surface area contributed by atoms with E-state index >= 15 is 8.78 Å². The molecule has 1 saturated carbocycles. The molecule has 12 heteroatoms. The van der Waals surface area contributed by atoms with Crippen molar-refractivity contribution in [3.63, 3.8) is 0 Å². The van der Waals surface area contributed by atoms with E-state index in [1.165, 1.54) is 24.3 Å². The second kappa shape index (κ2) is 12.5. The van der Waals surface area contributed by atoms with Crippen LogP contribution in [0.15, 0.2) is 24.3 Å². The van der Waals surface area contributed by atoms with Gasteiger partial charge >= 0.3 is 6.01 Å². The minimum Gasteiger partial charge on any atom is -0.508 e. The van der Waals surface area contributed by atoms with Crippen LogP contribution in [0.1, 0.15) is 44.1 Å². The molecular formula is C37H38F3N5O4. The standard InChI is InChI=1S/C37H38F3N5O4/c1-3-26-28(39)8-7-23-14-25(46)15-27(29(23)26)32-31(40)33-30(35(41-32)48-12-11-47-2)34(44-17-21-5-6-22(13-21)18-44)43-36(42-33)49-20-37-9-4-10-45(37)19-24(38)16-37/h1,7-8,14-15,21-22,24,46H,4-6,9-13,16-20H2,2H3/t21?,22?,24-,37+/m1/s1. The van der Waals surface area contributed by atoms with Gasteiger partial charge in [-0.15, -0.1) is 6.42 Å². The molecule has 1 N–H and O–H groups in total. The molecular weight excluding hydrogens is 635 g/mol. The smallest absolute Gasteiger partial charge is 0.319 e. The molecule has 4 aliphatic rings. The van der Waals surface area contributed by atoms with Crippen LogP contribution in [-0.4, -0.2) is 89.8 Å². The fourth-order valence-electron chi connectivity index (χ4n) is 8.68. The van der Waals surface area contributed by atoms with Crippen molar-refractivity contribution in [2.45, 2.75) is 50.2 Å². The Morgan fingerprint density at radius 1 is 1.04 bits per heavy atom. The molecule has 4 aromatic rings. The zero-order chi connectivity index (χ0) is 33.9. The molecule has 3 saturated heterocycles. The molecule has 2 unspecified atom stereocenters. The summed E-state index contributed by atoms with van der Waals surface area (Å²) in [6, 6.07) is 5.39. The summed E-state index contributed by atoms with van der Waals surface area (Å²) in [5.74, 6) is 2.18. The fourth-order valence-corrected chi connectivity index (χ4v) is 8.68. The first-order chi connectivity index (χ1) is 23.8. The summed E-state index contributed by atoms with van der Waals surface area (Å²) < 4.78 is 64.6. The summed E-state index contributed by atoms with van der Waals surface area (Å²) >= 11 is 0. The first kappa shape index (κ1) is 31.9. The number of ether oxygens (including phenoxy) is 3. The molecule has 5 heterocycles. The zero-order valence-corrected chi connectivity index (χ0v) is 27.4. The van der Waals surface area contributed by atoms with E-state index in [1.807, 2.05) is 0 Å². The second-order valence-electron chi connectivity index (χ2n) is 13.9. The van der Waals surface area contributed by atoms with Gasteiger partial charge in [-0.3, -0.25) is 4.90 Å². The van der Waals surface area contributed by atoms with E-state index in [9.17, 15) is 9.50 Å². The average Bonchev–Trinajstić information content (AvgIpc) is 3.74. The maximum Gasteiger partial charge on any atom is 0.319 e. The lowest BCUT2D eigenvalue weighted by Gasteiger charge is -2.34. The van der Waals surface area contributed by atoms with Crippen molar-refractivity contribution >= 4 is 27.5 Å². The summed E-state index contributed by atoms with van der Waals surface area (Å²) in [5.41, 5.74) is -0.795. The van der Waals surface area contributed by atoms with Crippen molar-refractivity contribution < 1.29 is 32.5 Å². The van der Waals surface area contributed by atoms with E-state index in [4.69, 9.17) is 25.6 Å². The van der Waals surface area contributed by atoms with Gasteiger partial charge in [0.05, 0.1) is 17.7 Å². The van der Waals surface area contributed by atoms with Crippen molar-refractivity contribution in [2.24, 2.45) is 11.8 Å². The van der Waals surface area contributed by atoms with Crippen LogP contribution in [0.5, 0.6) is 17.6 Å². The molecule has 4 atom stereocenters. The Hall–Kier alpha value is -4.34. The maximum atomic E-state index is 17.2. The van der Waals surface area contributed by atoms with Crippen molar-refractivity contribution in [3.8, 4) is 41.2 Å². The molecule has 0 amide bonds. The number of halogens is 3. The summed E-state index contributed by atoms with van der Waals surface area (Å²) in [4.78, 5) is 18.5. The summed E-state index contributed by atoms with van der Waals surface area (Å²) in [7, 11) is 1.54. The highest BCUT2D eigenvalue weighted by Crippen LogP contribution is 2.45. The number of hydrogen-bond acceptors (Lipinski definition) is 9. The largest absolute Gasteiger partial charge is 0.508 e. The van der Waals surface area contributed by atoms with Gasteiger partial charge in [-0.2, -0.15) is 9.97 Å². The fraction of sp³-hybridized carbons (Fsp3) is 0.486. The number of pyridine rings is 1. The molecule has 8 rings (SSSR count). The van der Waals surface area contributed by atoms with Gasteiger partial charge in [0.15, 0.2) is 5.82 Å².